The number of rotatable bonds is 5. The molecule has 1 atom stereocenters. The van der Waals surface area contributed by atoms with Crippen LogP contribution in [0.2, 0.25) is 0 Å². The Morgan fingerprint density at radius 1 is 1.17 bits per heavy atom. The van der Waals surface area contributed by atoms with Gasteiger partial charge < -0.3 is 5.32 Å². The zero-order chi connectivity index (χ0) is 17.5. The molecule has 1 aliphatic rings. The first-order chi connectivity index (χ1) is 11.4. The van der Waals surface area contributed by atoms with E-state index in [4.69, 9.17) is 0 Å². The number of benzene rings is 1. The third-order valence-electron chi connectivity index (χ3n) is 4.45. The number of carbonyl (C=O) groups is 2. The highest BCUT2D eigenvalue weighted by atomic mass is 16.2. The molecule has 5 heteroatoms. The molecular formula is C19H27N3O2. The van der Waals surface area contributed by atoms with Crippen LogP contribution in [0, 0.1) is 19.8 Å². The van der Waals surface area contributed by atoms with E-state index in [9.17, 15) is 9.59 Å². The van der Waals surface area contributed by atoms with E-state index in [1.54, 1.807) is 0 Å². The first kappa shape index (κ1) is 18.2. The lowest BCUT2D eigenvalue weighted by Crippen LogP contribution is -2.23. The Labute approximate surface area is 143 Å². The van der Waals surface area contributed by atoms with E-state index < -0.39 is 0 Å². The van der Waals surface area contributed by atoms with Crippen molar-refractivity contribution in [3.8, 4) is 0 Å². The lowest BCUT2D eigenvalue weighted by Gasteiger charge is -2.18. The molecule has 0 aliphatic heterocycles. The van der Waals surface area contributed by atoms with Gasteiger partial charge in [-0.3, -0.25) is 9.59 Å². The number of hydrazone groups is 1. The number of hydrogen-bond acceptors (Lipinski definition) is 3. The molecule has 2 N–H and O–H groups in total. The monoisotopic (exact) mass is 329 g/mol. The minimum absolute atomic E-state index is 0.142. The smallest absolute Gasteiger partial charge is 0.240 e. The Morgan fingerprint density at radius 2 is 1.92 bits per heavy atom. The average Bonchev–Trinajstić information content (AvgIpc) is 2.54. The Morgan fingerprint density at radius 3 is 2.62 bits per heavy atom. The summed E-state index contributed by atoms with van der Waals surface area (Å²) < 4.78 is 0. The molecule has 1 aliphatic carbocycles. The maximum atomic E-state index is 11.9. The van der Waals surface area contributed by atoms with Gasteiger partial charge in [-0.05, 0) is 68.7 Å². The number of nitrogens with zero attached hydrogens (tertiary/aromatic N) is 1. The minimum atomic E-state index is -0.212. The number of anilines is 1. The fraction of sp³-hybridized carbons (Fsp3) is 0.526. The van der Waals surface area contributed by atoms with Gasteiger partial charge in [-0.1, -0.05) is 13.0 Å². The molecule has 2 rings (SSSR count). The highest BCUT2D eigenvalue weighted by molar-refractivity contribution is 5.93. The van der Waals surface area contributed by atoms with Gasteiger partial charge in [0, 0.05) is 24.2 Å². The summed E-state index contributed by atoms with van der Waals surface area (Å²) in [4.78, 5) is 23.8. The fourth-order valence-electron chi connectivity index (χ4n) is 2.83. The van der Waals surface area contributed by atoms with E-state index in [2.05, 4.69) is 22.8 Å². The molecule has 2 amide bonds. The molecule has 1 aromatic carbocycles. The first-order valence-electron chi connectivity index (χ1n) is 8.65. The molecule has 1 unspecified atom stereocenters. The van der Waals surface area contributed by atoms with E-state index in [0.717, 1.165) is 36.2 Å². The molecule has 0 saturated heterocycles. The molecule has 0 bridgehead atoms. The summed E-state index contributed by atoms with van der Waals surface area (Å²) in [5.41, 5.74) is 6.71. The second-order valence-electron chi connectivity index (χ2n) is 6.76. The van der Waals surface area contributed by atoms with Crippen LogP contribution < -0.4 is 10.7 Å². The summed E-state index contributed by atoms with van der Waals surface area (Å²) in [5.74, 6) is 0.265. The van der Waals surface area contributed by atoms with E-state index in [-0.39, 0.29) is 24.7 Å². The molecule has 1 saturated carbocycles. The molecule has 1 aromatic rings. The van der Waals surface area contributed by atoms with Gasteiger partial charge >= 0.3 is 0 Å². The van der Waals surface area contributed by atoms with Gasteiger partial charge in [0.05, 0.1) is 0 Å². The van der Waals surface area contributed by atoms with Crippen molar-refractivity contribution in [3.63, 3.8) is 0 Å². The van der Waals surface area contributed by atoms with Gasteiger partial charge in [0.15, 0.2) is 0 Å². The van der Waals surface area contributed by atoms with Crippen molar-refractivity contribution in [3.05, 3.63) is 29.3 Å². The Hall–Kier alpha value is -2.17. The van der Waals surface area contributed by atoms with E-state index in [1.165, 1.54) is 12.0 Å². The Balaban J connectivity index is 1.73. The SMILES string of the molecule is Cc1ccc(NC(=O)CCC(=O)N/N=C2\CCCC(C)C2)cc1C. The van der Waals surface area contributed by atoms with Crippen LogP contribution in [0.15, 0.2) is 23.3 Å². The normalized spacial score (nSPS) is 19.1. The van der Waals surface area contributed by atoms with E-state index >= 15 is 0 Å². The van der Waals surface area contributed by atoms with Crippen LogP contribution in [0.3, 0.4) is 0 Å². The van der Waals surface area contributed by atoms with Crippen LogP contribution in [0.5, 0.6) is 0 Å². The molecular weight excluding hydrogens is 302 g/mol. The van der Waals surface area contributed by atoms with Crippen LogP contribution in [-0.4, -0.2) is 17.5 Å². The van der Waals surface area contributed by atoms with Gasteiger partial charge in [-0.2, -0.15) is 5.10 Å². The van der Waals surface area contributed by atoms with E-state index in [0.29, 0.717) is 5.92 Å². The van der Waals surface area contributed by atoms with Crippen LogP contribution in [-0.2, 0) is 9.59 Å². The Bertz CT molecular complexity index is 637. The van der Waals surface area contributed by atoms with Crippen molar-refractivity contribution in [1.29, 1.82) is 0 Å². The van der Waals surface area contributed by atoms with Crippen molar-refractivity contribution in [2.24, 2.45) is 11.0 Å². The van der Waals surface area contributed by atoms with Gasteiger partial charge in [0.1, 0.15) is 0 Å². The summed E-state index contributed by atoms with van der Waals surface area (Å²) in [5, 5.41) is 7.02. The molecule has 24 heavy (non-hydrogen) atoms. The maximum Gasteiger partial charge on any atom is 0.240 e. The van der Waals surface area contributed by atoms with Crippen molar-refractivity contribution in [1.82, 2.24) is 5.43 Å². The summed E-state index contributed by atoms with van der Waals surface area (Å²) >= 11 is 0. The molecule has 0 radical (unpaired) electrons. The number of amides is 2. The lowest BCUT2D eigenvalue weighted by atomic mass is 9.89. The predicted octanol–water partition coefficient (Wildman–Crippen LogP) is 3.70. The average molecular weight is 329 g/mol. The van der Waals surface area contributed by atoms with Crippen molar-refractivity contribution in [2.45, 2.75) is 59.3 Å². The van der Waals surface area contributed by atoms with Crippen LogP contribution in [0.4, 0.5) is 5.69 Å². The van der Waals surface area contributed by atoms with Crippen molar-refractivity contribution >= 4 is 23.2 Å². The second-order valence-corrected chi connectivity index (χ2v) is 6.76. The summed E-state index contributed by atoms with van der Waals surface area (Å²) in [6.07, 6.45) is 4.56. The molecule has 0 spiro atoms. The van der Waals surface area contributed by atoms with Crippen LogP contribution >= 0.6 is 0 Å². The first-order valence-corrected chi connectivity index (χ1v) is 8.65. The number of carbonyl (C=O) groups excluding carboxylic acids is 2. The van der Waals surface area contributed by atoms with Gasteiger partial charge in [-0.25, -0.2) is 5.43 Å². The fourth-order valence-corrected chi connectivity index (χ4v) is 2.83. The quantitative estimate of drug-likeness (QED) is 0.809. The second kappa shape index (κ2) is 8.62. The van der Waals surface area contributed by atoms with Crippen molar-refractivity contribution in [2.75, 3.05) is 5.32 Å². The van der Waals surface area contributed by atoms with Crippen molar-refractivity contribution < 1.29 is 9.59 Å². The summed E-state index contributed by atoms with van der Waals surface area (Å²) in [6.45, 7) is 6.23. The zero-order valence-electron chi connectivity index (χ0n) is 14.8. The zero-order valence-corrected chi connectivity index (χ0v) is 14.8. The number of hydrogen-bond donors (Lipinski definition) is 2. The van der Waals surface area contributed by atoms with Gasteiger partial charge in [0.25, 0.3) is 0 Å². The van der Waals surface area contributed by atoms with Crippen LogP contribution in [0.1, 0.15) is 56.6 Å². The predicted molar refractivity (Wildman–Crippen MR) is 97.0 cm³/mol. The van der Waals surface area contributed by atoms with Crippen LogP contribution in [0.25, 0.3) is 0 Å². The summed E-state index contributed by atoms with van der Waals surface area (Å²) in [6, 6.07) is 5.78. The topological polar surface area (TPSA) is 70.6 Å². The number of nitrogens with one attached hydrogen (secondary N) is 2. The highest BCUT2D eigenvalue weighted by Gasteiger charge is 2.14. The molecule has 0 heterocycles. The third kappa shape index (κ3) is 5.80. The number of aryl methyl sites for hydroxylation is 2. The third-order valence-corrected chi connectivity index (χ3v) is 4.45. The molecule has 5 nitrogen and oxygen atoms in total. The minimum Gasteiger partial charge on any atom is -0.326 e. The lowest BCUT2D eigenvalue weighted by molar-refractivity contribution is -0.124. The van der Waals surface area contributed by atoms with Gasteiger partial charge in [0.2, 0.25) is 11.8 Å². The van der Waals surface area contributed by atoms with Gasteiger partial charge in [-0.15, -0.1) is 0 Å². The molecule has 1 fully saturated rings. The molecule has 130 valence electrons. The highest BCUT2D eigenvalue weighted by Crippen LogP contribution is 2.21. The standard InChI is InChI=1S/C19H27N3O2/c1-13-5-4-6-17(11-13)21-22-19(24)10-9-18(23)20-16-8-7-14(2)15(3)12-16/h7-8,12-13H,4-6,9-11H2,1-3H3,(H,20,23)(H,22,24)/b21-17+. The molecule has 0 aromatic heterocycles. The maximum absolute atomic E-state index is 11.9. The Kier molecular flexibility index (Phi) is 6.53. The van der Waals surface area contributed by atoms with E-state index in [1.807, 2.05) is 32.0 Å². The largest absolute Gasteiger partial charge is 0.326 e. The summed E-state index contributed by atoms with van der Waals surface area (Å²) in [7, 11) is 0.